The van der Waals surface area contributed by atoms with Crippen LogP contribution in [0, 0.1) is 16.7 Å². The molecule has 1 saturated heterocycles. The van der Waals surface area contributed by atoms with Gasteiger partial charge in [-0.05, 0) is 61.2 Å². The maximum atomic E-state index is 16.7. The molecule has 3 aromatic carbocycles. The van der Waals surface area contributed by atoms with E-state index in [0.717, 1.165) is 13.8 Å². The first-order valence-electron chi connectivity index (χ1n) is 37.1. The van der Waals surface area contributed by atoms with Crippen molar-refractivity contribution < 1.29 is 129 Å². The van der Waals surface area contributed by atoms with Crippen LogP contribution in [0.1, 0.15) is 99.5 Å². The number of hydrogen-bond acceptors (Lipinski definition) is 29. The molecule has 3 fully saturated rings. The normalized spacial score (nSPS) is 22.9. The maximum Gasteiger partial charge on any atom is 0.408 e. The molecule has 3 aliphatic carbocycles. The van der Waals surface area contributed by atoms with E-state index in [1.54, 1.807) is 66.7 Å². The number of rotatable bonds is 47. The Labute approximate surface area is 650 Å². The number of amides is 4. The highest BCUT2D eigenvalue weighted by molar-refractivity contribution is 5.97. The Kier molecular flexibility index (Phi) is 35.4. The summed E-state index contributed by atoms with van der Waals surface area (Å²) in [6, 6.07) is 21.2. The van der Waals surface area contributed by atoms with Gasteiger partial charge in [0.15, 0.2) is 23.6 Å². The fourth-order valence-corrected chi connectivity index (χ4v) is 14.2. The minimum Gasteiger partial charge on any atom is -0.460 e. The van der Waals surface area contributed by atoms with Crippen molar-refractivity contribution in [3.05, 3.63) is 144 Å². The van der Waals surface area contributed by atoms with Crippen LogP contribution in [-0.2, 0) is 105 Å². The summed E-state index contributed by atoms with van der Waals surface area (Å²) in [5.74, 6) is -10.4. The molecule has 4 amide bonds. The second-order valence-electron chi connectivity index (χ2n) is 27.7. The molecule has 3 aromatic rings. The summed E-state index contributed by atoms with van der Waals surface area (Å²) in [7, 11) is 0. The Morgan fingerprint density at radius 3 is 1.78 bits per heavy atom. The van der Waals surface area contributed by atoms with E-state index >= 15 is 14.4 Å². The van der Waals surface area contributed by atoms with Crippen LogP contribution in [-0.4, -0.2) is 273 Å². The monoisotopic (exact) mass is 1570 g/mol. The van der Waals surface area contributed by atoms with E-state index in [4.69, 9.17) is 72.0 Å². The molecular weight excluding hydrogens is 1460 g/mol. The van der Waals surface area contributed by atoms with E-state index in [1.165, 1.54) is 69.0 Å². The average molecular weight is 1570 g/mol. The van der Waals surface area contributed by atoms with E-state index in [2.05, 4.69) is 34.4 Å². The zero-order chi connectivity index (χ0) is 81.4. The predicted octanol–water partition coefficient (Wildman–Crippen LogP) is 2.67. The summed E-state index contributed by atoms with van der Waals surface area (Å²) in [6.45, 7) is 15.8. The first kappa shape index (κ1) is 89.8. The molecule has 0 unspecified atom stereocenters. The highest BCUT2D eigenvalue weighted by Crippen LogP contribution is 2.65. The molecule has 12 atom stereocenters. The molecule has 8 N–H and O–H groups in total. The van der Waals surface area contributed by atoms with E-state index < -0.39 is 168 Å². The van der Waals surface area contributed by atoms with Crippen LogP contribution in [0.3, 0.4) is 0 Å². The van der Waals surface area contributed by atoms with Crippen molar-refractivity contribution in [1.82, 2.24) is 26.2 Å². The third-order valence-corrected chi connectivity index (χ3v) is 19.8. The van der Waals surface area contributed by atoms with Crippen molar-refractivity contribution in [1.29, 1.82) is 0 Å². The predicted molar refractivity (Wildman–Crippen MR) is 397 cm³/mol. The van der Waals surface area contributed by atoms with Crippen LogP contribution in [0.4, 0.5) is 4.79 Å². The summed E-state index contributed by atoms with van der Waals surface area (Å²) in [5.41, 5.74) is -2.87. The van der Waals surface area contributed by atoms with Crippen molar-refractivity contribution in [3.63, 3.8) is 0 Å². The molecule has 2 saturated carbocycles. The van der Waals surface area contributed by atoms with E-state index in [-0.39, 0.29) is 140 Å². The second-order valence-corrected chi connectivity index (χ2v) is 27.7. The molecule has 33 nitrogen and oxygen atoms in total. The molecule has 112 heavy (non-hydrogen) atoms. The van der Waals surface area contributed by atoms with Crippen LogP contribution in [0.15, 0.2) is 127 Å². The van der Waals surface area contributed by atoms with Gasteiger partial charge in [-0.3, -0.25) is 38.5 Å². The quantitative estimate of drug-likeness (QED) is 0.0185. The number of ketones is 1. The van der Waals surface area contributed by atoms with Crippen molar-refractivity contribution in [2.75, 3.05) is 138 Å². The van der Waals surface area contributed by atoms with E-state index in [1.807, 2.05) is 0 Å². The van der Waals surface area contributed by atoms with Gasteiger partial charge in [0, 0.05) is 70.3 Å². The molecule has 4 aliphatic rings. The number of aliphatic hydroxyl groups is 2. The zero-order valence-corrected chi connectivity index (χ0v) is 64.2. The van der Waals surface area contributed by atoms with E-state index in [0.29, 0.717) is 25.3 Å². The highest BCUT2D eigenvalue weighted by Gasteiger charge is 2.79. The van der Waals surface area contributed by atoms with Gasteiger partial charge in [-0.25, -0.2) is 19.2 Å². The van der Waals surface area contributed by atoms with E-state index in [9.17, 15) is 48.6 Å². The minimum atomic E-state index is -2.60. The molecule has 7 rings (SSSR count). The number of hydrogen-bond donors (Lipinski definition) is 7. The van der Waals surface area contributed by atoms with Crippen molar-refractivity contribution in [2.45, 2.75) is 127 Å². The smallest absolute Gasteiger partial charge is 0.408 e. The number of alkyl carbamates (subject to hydrolysis) is 1. The molecular formula is C79H106N6O27. The van der Waals surface area contributed by atoms with Crippen LogP contribution in [0.5, 0.6) is 0 Å². The number of carbonyl (C=O) groups excluding carboxylic acids is 11. The summed E-state index contributed by atoms with van der Waals surface area (Å²) in [6.07, 6.45) is -10.2. The molecule has 0 spiro atoms. The lowest BCUT2D eigenvalue weighted by atomic mass is 9.44. The van der Waals surface area contributed by atoms with Crippen LogP contribution >= 0.6 is 0 Å². The van der Waals surface area contributed by atoms with Crippen molar-refractivity contribution in [3.8, 4) is 0 Å². The lowest BCUT2D eigenvalue weighted by Crippen LogP contribution is -2.82. The number of ether oxygens (including phenoxy) is 14. The number of nitrogens with two attached hydrogens (primary N) is 1. The Hall–Kier alpha value is -9.39. The van der Waals surface area contributed by atoms with Gasteiger partial charge < -0.3 is 104 Å². The molecule has 0 radical (unpaired) electrons. The Morgan fingerprint density at radius 2 is 1.21 bits per heavy atom. The second kappa shape index (κ2) is 44.2. The topological polar surface area (TPSA) is 435 Å². The summed E-state index contributed by atoms with van der Waals surface area (Å²) in [5, 5.41) is 37.0. The number of nitrogens with one attached hydrogen (secondary N) is 4. The minimum absolute atomic E-state index is 0.0241. The molecule has 0 aromatic heterocycles. The Balaban J connectivity index is 1.08. The number of aliphatic hydroxyl groups excluding tert-OH is 1. The van der Waals surface area contributed by atoms with Gasteiger partial charge in [-0.1, -0.05) is 106 Å². The number of nitrogens with zero attached hydrogens (tertiary/aromatic N) is 1. The first-order valence-corrected chi connectivity index (χ1v) is 37.1. The molecule has 2 bridgehead atoms. The third kappa shape index (κ3) is 24.3. The number of fused-ring (bicyclic) bond motifs is 5. The van der Waals surface area contributed by atoms with Gasteiger partial charge >= 0.3 is 41.9 Å². The maximum absolute atomic E-state index is 16.7. The van der Waals surface area contributed by atoms with Gasteiger partial charge in [-0.15, -0.1) is 0 Å². The zero-order valence-electron chi connectivity index (χ0n) is 64.2. The number of benzene rings is 3. The van der Waals surface area contributed by atoms with Gasteiger partial charge in [0.2, 0.25) is 11.8 Å². The third-order valence-electron chi connectivity index (χ3n) is 19.8. The fourth-order valence-electron chi connectivity index (χ4n) is 14.2. The summed E-state index contributed by atoms with van der Waals surface area (Å²) < 4.78 is 81.6. The van der Waals surface area contributed by atoms with Gasteiger partial charge in [0.05, 0.1) is 122 Å². The number of Topliss-reactive ketones (excluding diaryl/α,β-unsaturated/α-hetero) is 1. The van der Waals surface area contributed by atoms with Crippen molar-refractivity contribution >= 4 is 65.4 Å². The molecule has 614 valence electrons. The lowest BCUT2D eigenvalue weighted by Gasteiger charge is -2.67. The summed E-state index contributed by atoms with van der Waals surface area (Å²) >= 11 is 0. The van der Waals surface area contributed by atoms with Crippen LogP contribution in [0.2, 0.25) is 0 Å². The average Bonchev–Trinajstić information content (AvgIpc) is 0.667. The van der Waals surface area contributed by atoms with Gasteiger partial charge in [0.1, 0.15) is 49.3 Å². The lowest BCUT2D eigenvalue weighted by molar-refractivity contribution is -0.346. The van der Waals surface area contributed by atoms with Gasteiger partial charge in [-0.2, -0.15) is 0 Å². The molecule has 33 heteroatoms. The molecule has 1 heterocycles. The first-order chi connectivity index (χ1) is 53.7. The highest BCUT2D eigenvalue weighted by atomic mass is 16.6. The summed E-state index contributed by atoms with van der Waals surface area (Å²) in [4.78, 5) is 155. The SMILES string of the molecule is C=CCOC(=O)N[C@@H](CCC(=O)NCCOCCOCCOCCNC(=O)CN(CCOCCOCCOCCN)CC(=O)O[C@H]1C[C@H]2OC[C@@]2(OC(C)=O)[C@H]2[C@H](OC(=O)c3ccccc3)[C@]3(O)C[C@H](OC(=O)[C@H](O)[C@@H](NC(=O)c4ccccc4)c4ccccc4)C(C)=C([C@@H](OC(C)=O)C(=O)[C@]12C)C3(C)C)C(=O)OCC=C. The molecule has 1 aliphatic heterocycles. The standard InChI is InChI=1S/C79H106N6O27/c1-9-32-105-73(95)57(83-75(97)106-33-10-2)26-27-61(88)81-29-35-100-39-43-104-44-40-101-36-30-82-62(89)48-85(31-37-102-41-45-103-42-38-99-34-28-80)49-63(90)110-59-46-60-78(50-107-60,112-53(5)87)68-70(111-72(94)56-24-18-13-19-25-56)79(98)47-58(51(3)64(76(79,6)7)67(108-52(4)86)69(92)77(59,68)8)109-74(96)66(91)65(54-20-14-11-15-21-54)84-71(93)55-22-16-12-17-23-55/h9-25,57-60,65-68,70,91,98H,1-2,26-50,80H2,3-8H3,(H,81,88)(H,82,89)(H,83,97)(H,84,93)/t57-,58-,59-,60+,65-,66+,67+,68-,70-,77+,78-,79+/m0/s1. The number of carbonyl (C=O) groups is 11. The van der Waals surface area contributed by atoms with Crippen LogP contribution in [0.25, 0.3) is 0 Å². The van der Waals surface area contributed by atoms with Crippen LogP contribution < -0.4 is 27.0 Å². The largest absolute Gasteiger partial charge is 0.460 e. The fraction of sp³-hybridized carbons (Fsp3) is 0.557. The Bertz CT molecular complexity index is 3700. The Morgan fingerprint density at radius 1 is 0.661 bits per heavy atom. The van der Waals surface area contributed by atoms with Gasteiger partial charge in [0.25, 0.3) is 5.91 Å². The number of esters is 6. The van der Waals surface area contributed by atoms with Crippen molar-refractivity contribution in [2.24, 2.45) is 22.5 Å².